The topological polar surface area (TPSA) is 93.2 Å². The van der Waals surface area contributed by atoms with Gasteiger partial charge in [-0.25, -0.2) is 15.0 Å². The molecule has 1 saturated heterocycles. The second-order valence-corrected chi connectivity index (χ2v) is 9.37. The van der Waals surface area contributed by atoms with E-state index in [0.717, 1.165) is 55.8 Å². The number of hydrogen-bond acceptors (Lipinski definition) is 6. The van der Waals surface area contributed by atoms with Crippen LogP contribution in [-0.2, 0) is 24.1 Å². The van der Waals surface area contributed by atoms with E-state index in [0.29, 0.717) is 30.3 Å². The average Bonchev–Trinajstić information content (AvgIpc) is 3.21. The lowest BCUT2D eigenvalue weighted by molar-refractivity contribution is -0.137. The lowest BCUT2D eigenvalue weighted by Gasteiger charge is -2.31. The Morgan fingerprint density at radius 1 is 1.14 bits per heavy atom. The first-order valence-electron chi connectivity index (χ1n) is 11.7. The number of nitrogens with two attached hydrogens (primary N) is 1. The molecule has 1 aliphatic heterocycles. The Bertz CT molecular complexity index is 1150. The van der Waals surface area contributed by atoms with Gasteiger partial charge in [-0.2, -0.15) is 13.2 Å². The van der Waals surface area contributed by atoms with E-state index < -0.39 is 11.7 Å². The van der Waals surface area contributed by atoms with Gasteiger partial charge in [0.05, 0.1) is 18.4 Å². The summed E-state index contributed by atoms with van der Waals surface area (Å²) < 4.78 is 40.8. The molecule has 0 bridgehead atoms. The van der Waals surface area contributed by atoms with E-state index in [4.69, 9.17) is 5.73 Å². The van der Waals surface area contributed by atoms with Crippen molar-refractivity contribution >= 4 is 22.9 Å². The number of amides is 1. The van der Waals surface area contributed by atoms with Crippen LogP contribution in [0.1, 0.15) is 37.8 Å². The number of aromatic nitrogens is 4. The molecule has 1 amide bonds. The van der Waals surface area contributed by atoms with Crippen molar-refractivity contribution < 1.29 is 18.0 Å². The van der Waals surface area contributed by atoms with Crippen molar-refractivity contribution in [2.24, 2.45) is 11.7 Å². The maximum atomic E-state index is 12.9. The van der Waals surface area contributed by atoms with Gasteiger partial charge < -0.3 is 15.2 Å². The number of imidazole rings is 1. The molecule has 0 spiro atoms. The molecule has 0 aliphatic carbocycles. The van der Waals surface area contributed by atoms with Gasteiger partial charge in [0.15, 0.2) is 17.0 Å². The molecule has 1 aromatic carbocycles. The molecule has 11 heteroatoms. The van der Waals surface area contributed by atoms with E-state index in [-0.39, 0.29) is 11.9 Å². The molecule has 188 valence electrons. The lowest BCUT2D eigenvalue weighted by atomic mass is 9.96. The van der Waals surface area contributed by atoms with Crippen molar-refractivity contribution in [2.45, 2.75) is 52.0 Å². The number of alkyl halides is 3. The quantitative estimate of drug-likeness (QED) is 0.521. The lowest BCUT2D eigenvalue weighted by Crippen LogP contribution is -2.40. The van der Waals surface area contributed by atoms with Crippen molar-refractivity contribution in [1.82, 2.24) is 24.4 Å². The van der Waals surface area contributed by atoms with Crippen molar-refractivity contribution in [3.63, 3.8) is 0 Å². The van der Waals surface area contributed by atoms with Crippen LogP contribution in [-0.4, -0.2) is 56.0 Å². The third-order valence-corrected chi connectivity index (χ3v) is 6.45. The van der Waals surface area contributed by atoms with Gasteiger partial charge in [-0.15, -0.1) is 0 Å². The van der Waals surface area contributed by atoms with Crippen molar-refractivity contribution in [1.29, 1.82) is 0 Å². The van der Waals surface area contributed by atoms with Crippen LogP contribution in [0.2, 0.25) is 0 Å². The van der Waals surface area contributed by atoms with Gasteiger partial charge in [0.25, 0.3) is 0 Å². The number of halogens is 3. The molecule has 1 fully saturated rings. The minimum Gasteiger partial charge on any atom is -0.369 e. The number of piperidine rings is 1. The highest BCUT2D eigenvalue weighted by Gasteiger charge is 2.30. The first kappa shape index (κ1) is 24.9. The highest BCUT2D eigenvalue weighted by molar-refractivity contribution is 5.83. The first-order valence-corrected chi connectivity index (χ1v) is 11.7. The van der Waals surface area contributed by atoms with E-state index in [1.54, 1.807) is 6.33 Å². The molecule has 1 aliphatic rings. The molecular formula is C24H30F3N7O. The molecule has 0 saturated carbocycles. The summed E-state index contributed by atoms with van der Waals surface area (Å²) in [6, 6.07) is 5.24. The van der Waals surface area contributed by atoms with Gasteiger partial charge in [-0.3, -0.25) is 9.69 Å². The predicted octanol–water partition coefficient (Wildman–Crippen LogP) is 3.46. The summed E-state index contributed by atoms with van der Waals surface area (Å²) in [6.45, 7) is 7.12. The molecule has 2 aromatic heterocycles. The van der Waals surface area contributed by atoms with Crippen LogP contribution in [0.15, 0.2) is 36.9 Å². The zero-order valence-electron chi connectivity index (χ0n) is 19.9. The number of carbonyl (C=O) groups is 1. The summed E-state index contributed by atoms with van der Waals surface area (Å²) in [5, 5.41) is 0. The fourth-order valence-corrected chi connectivity index (χ4v) is 4.54. The number of fused-ring (bicyclic) bond motifs is 1. The highest BCUT2D eigenvalue weighted by atomic mass is 19.4. The number of benzene rings is 1. The first-order chi connectivity index (χ1) is 16.6. The number of anilines is 1. The monoisotopic (exact) mass is 489 g/mol. The second kappa shape index (κ2) is 10.2. The van der Waals surface area contributed by atoms with Crippen molar-refractivity contribution in [3.05, 3.63) is 48.0 Å². The van der Waals surface area contributed by atoms with Gasteiger partial charge >= 0.3 is 6.18 Å². The number of carbonyl (C=O) groups excluding carboxylic acids is 1. The third-order valence-electron chi connectivity index (χ3n) is 6.45. The molecule has 4 rings (SSSR count). The normalized spacial score (nSPS) is 15.7. The predicted molar refractivity (Wildman–Crippen MR) is 126 cm³/mol. The summed E-state index contributed by atoms with van der Waals surface area (Å²) >= 11 is 0. The molecule has 3 aromatic rings. The molecule has 35 heavy (non-hydrogen) atoms. The van der Waals surface area contributed by atoms with Crippen molar-refractivity contribution in [3.8, 4) is 0 Å². The minimum atomic E-state index is -4.36. The summed E-state index contributed by atoms with van der Waals surface area (Å²) in [7, 11) is 0. The number of primary amides is 1. The minimum absolute atomic E-state index is 0.0372. The largest absolute Gasteiger partial charge is 0.416 e. The highest BCUT2D eigenvalue weighted by Crippen LogP contribution is 2.30. The van der Waals surface area contributed by atoms with E-state index in [1.165, 1.54) is 18.5 Å². The Labute approximate surface area is 202 Å². The summed E-state index contributed by atoms with van der Waals surface area (Å²) in [6.07, 6.45) is 0.830. The molecule has 0 radical (unpaired) electrons. The third kappa shape index (κ3) is 5.90. The van der Waals surface area contributed by atoms with Crippen LogP contribution in [0.5, 0.6) is 0 Å². The van der Waals surface area contributed by atoms with E-state index in [9.17, 15) is 18.0 Å². The van der Waals surface area contributed by atoms with Crippen LogP contribution in [0.3, 0.4) is 0 Å². The second-order valence-electron chi connectivity index (χ2n) is 9.37. The van der Waals surface area contributed by atoms with E-state index >= 15 is 0 Å². The molecule has 2 N–H and O–H groups in total. The zero-order chi connectivity index (χ0) is 25.2. The van der Waals surface area contributed by atoms with E-state index in [1.807, 2.05) is 23.3 Å². The maximum absolute atomic E-state index is 12.9. The Kier molecular flexibility index (Phi) is 7.25. The van der Waals surface area contributed by atoms with Gasteiger partial charge in [0.2, 0.25) is 5.91 Å². The van der Waals surface area contributed by atoms with Crippen LogP contribution in [0.4, 0.5) is 19.0 Å². The van der Waals surface area contributed by atoms with Gasteiger partial charge in [-0.1, -0.05) is 12.1 Å². The molecule has 0 atom stereocenters. The van der Waals surface area contributed by atoms with E-state index in [2.05, 4.69) is 19.9 Å². The number of likely N-dealkylation sites (tertiary alicyclic amines) is 1. The summed E-state index contributed by atoms with van der Waals surface area (Å²) in [5.41, 5.74) is 6.79. The standard InChI is InChI=1S/C24H30F3N7O/c1-16(2)34(12-17-3-5-19(6-4-17)24(25,26)27)23-21-22(29-14-30-23)33(15-31-21)11-18-7-9-32(10-8-18)13-20(28)35/h3-6,14-16,18H,7-13H2,1-2H3,(H2,28,35). The smallest absolute Gasteiger partial charge is 0.369 e. The number of nitrogens with zero attached hydrogens (tertiary/aromatic N) is 6. The van der Waals surface area contributed by atoms with Gasteiger partial charge in [-0.05, 0) is 63.4 Å². The molecule has 3 heterocycles. The van der Waals surface area contributed by atoms with Crippen LogP contribution < -0.4 is 10.6 Å². The average molecular weight is 490 g/mol. The van der Waals surface area contributed by atoms with Crippen LogP contribution >= 0.6 is 0 Å². The SMILES string of the molecule is CC(C)N(Cc1ccc(C(F)(F)F)cc1)c1ncnc2c1ncn2CC1CCN(CC(N)=O)CC1. The molecular weight excluding hydrogens is 459 g/mol. The van der Waals surface area contributed by atoms with Crippen LogP contribution in [0.25, 0.3) is 11.2 Å². The maximum Gasteiger partial charge on any atom is 0.416 e. The summed E-state index contributed by atoms with van der Waals surface area (Å²) in [5.74, 6) is 0.780. The Morgan fingerprint density at radius 3 is 2.43 bits per heavy atom. The Hall–Kier alpha value is -3.21. The van der Waals surface area contributed by atoms with Crippen LogP contribution in [0, 0.1) is 5.92 Å². The fraction of sp³-hybridized carbons (Fsp3) is 0.500. The van der Waals surface area contributed by atoms with Gasteiger partial charge in [0.1, 0.15) is 6.33 Å². The summed E-state index contributed by atoms with van der Waals surface area (Å²) in [4.78, 5) is 28.8. The Morgan fingerprint density at radius 2 is 1.83 bits per heavy atom. The molecule has 0 unspecified atom stereocenters. The number of rotatable bonds is 8. The Balaban J connectivity index is 1.51. The molecule has 8 nitrogen and oxygen atoms in total. The fourth-order valence-electron chi connectivity index (χ4n) is 4.54. The number of hydrogen-bond donors (Lipinski definition) is 1. The zero-order valence-corrected chi connectivity index (χ0v) is 19.9. The van der Waals surface area contributed by atoms with Crippen molar-refractivity contribution in [2.75, 3.05) is 24.5 Å². The van der Waals surface area contributed by atoms with Gasteiger partial charge in [0, 0.05) is 19.1 Å².